The molecule has 0 heterocycles. The summed E-state index contributed by atoms with van der Waals surface area (Å²) in [6, 6.07) is 19.8. The van der Waals surface area contributed by atoms with Gasteiger partial charge in [-0.05, 0) is 72.1 Å². The van der Waals surface area contributed by atoms with Crippen molar-refractivity contribution in [2.24, 2.45) is 11.8 Å². The van der Waals surface area contributed by atoms with E-state index in [4.69, 9.17) is 5.26 Å². The molecule has 1 aliphatic carbocycles. The van der Waals surface area contributed by atoms with Crippen molar-refractivity contribution in [3.05, 3.63) is 59.7 Å². The van der Waals surface area contributed by atoms with Crippen LogP contribution in [0, 0.1) is 23.2 Å². The van der Waals surface area contributed by atoms with Crippen molar-refractivity contribution in [1.29, 1.82) is 5.26 Å². The molecule has 0 spiro atoms. The lowest BCUT2D eigenvalue weighted by atomic mass is 9.75. The lowest BCUT2D eigenvalue weighted by molar-refractivity contribution is 0.273. The molecule has 26 heavy (non-hydrogen) atoms. The fourth-order valence-corrected chi connectivity index (χ4v) is 4.32. The molecule has 3 rings (SSSR count). The van der Waals surface area contributed by atoms with E-state index in [0.717, 1.165) is 23.3 Å². The third kappa shape index (κ3) is 4.76. The Morgan fingerprint density at radius 3 is 2.04 bits per heavy atom. The highest BCUT2D eigenvalue weighted by Crippen LogP contribution is 2.39. The van der Waals surface area contributed by atoms with Gasteiger partial charge in [-0.15, -0.1) is 0 Å². The van der Waals surface area contributed by atoms with Gasteiger partial charge in [0, 0.05) is 0 Å². The zero-order valence-electron chi connectivity index (χ0n) is 16.2. The molecule has 1 saturated carbocycles. The first-order valence-corrected chi connectivity index (χ1v) is 10.3. The molecule has 1 nitrogen and oxygen atoms in total. The van der Waals surface area contributed by atoms with Crippen LogP contribution >= 0.6 is 0 Å². The smallest absolute Gasteiger partial charge is 0.0669 e. The largest absolute Gasteiger partial charge is 0.198 e. The number of nitriles is 1. The Morgan fingerprint density at radius 2 is 1.50 bits per heavy atom. The number of benzene rings is 2. The second kappa shape index (κ2) is 9.04. The van der Waals surface area contributed by atoms with Gasteiger partial charge in [0.15, 0.2) is 0 Å². The monoisotopic (exact) mass is 345 g/mol. The van der Waals surface area contributed by atoms with E-state index in [1.54, 1.807) is 0 Å². The van der Waals surface area contributed by atoms with Crippen LogP contribution in [-0.4, -0.2) is 0 Å². The highest BCUT2D eigenvalue weighted by molar-refractivity contribution is 5.64. The first kappa shape index (κ1) is 18.7. The molecule has 1 unspecified atom stereocenters. The molecule has 0 aromatic heterocycles. The van der Waals surface area contributed by atoms with Gasteiger partial charge in [0.05, 0.1) is 12.5 Å². The van der Waals surface area contributed by atoms with Crippen LogP contribution in [0.25, 0.3) is 11.1 Å². The molecule has 0 radical (unpaired) electrons. The Morgan fingerprint density at radius 1 is 0.923 bits per heavy atom. The minimum absolute atomic E-state index is 0.485. The van der Waals surface area contributed by atoms with Gasteiger partial charge in [0.2, 0.25) is 0 Å². The number of rotatable bonds is 6. The van der Waals surface area contributed by atoms with Crippen molar-refractivity contribution < 1.29 is 0 Å². The lowest BCUT2D eigenvalue weighted by Gasteiger charge is -2.30. The standard InChI is InChI=1S/C25H31N/c1-3-19(2)18-21-6-10-23(11-7-21)25-14-12-24(13-15-25)22-8-4-20(5-9-22)16-17-26/h4-5,8-9,12-15,19,21,23H,3,6-7,10-11,16,18H2,1-2H3/t19?,21-,23-. The summed E-state index contributed by atoms with van der Waals surface area (Å²) in [6.07, 6.45) is 8.72. The third-order valence-corrected chi connectivity index (χ3v) is 6.23. The average Bonchev–Trinajstić information content (AvgIpc) is 2.69. The topological polar surface area (TPSA) is 23.8 Å². The minimum Gasteiger partial charge on any atom is -0.198 e. The highest BCUT2D eigenvalue weighted by atomic mass is 14.3. The van der Waals surface area contributed by atoms with Gasteiger partial charge >= 0.3 is 0 Å². The SMILES string of the molecule is CCC(C)C[C@H]1CC[C@H](c2ccc(-c3ccc(CC#N)cc3)cc2)CC1. The van der Waals surface area contributed by atoms with Crippen LogP contribution in [0.4, 0.5) is 0 Å². The molecule has 0 amide bonds. The van der Waals surface area contributed by atoms with Crippen molar-refractivity contribution in [3.63, 3.8) is 0 Å². The van der Waals surface area contributed by atoms with Gasteiger partial charge in [-0.3, -0.25) is 0 Å². The van der Waals surface area contributed by atoms with Gasteiger partial charge in [0.1, 0.15) is 0 Å². The van der Waals surface area contributed by atoms with Crippen LogP contribution in [0.5, 0.6) is 0 Å². The fraction of sp³-hybridized carbons (Fsp3) is 0.480. The lowest BCUT2D eigenvalue weighted by Crippen LogP contribution is -2.15. The number of hydrogen-bond acceptors (Lipinski definition) is 1. The van der Waals surface area contributed by atoms with E-state index in [0.29, 0.717) is 6.42 Å². The molecule has 1 atom stereocenters. The summed E-state index contributed by atoms with van der Waals surface area (Å²) in [6.45, 7) is 4.71. The fourth-order valence-electron chi connectivity index (χ4n) is 4.32. The molecule has 2 aromatic carbocycles. The van der Waals surface area contributed by atoms with Gasteiger partial charge in [0.25, 0.3) is 0 Å². The molecule has 0 bridgehead atoms. The van der Waals surface area contributed by atoms with Crippen LogP contribution in [0.15, 0.2) is 48.5 Å². The molecular weight excluding hydrogens is 314 g/mol. The molecule has 1 aliphatic rings. The molecule has 136 valence electrons. The normalized spacial score (nSPS) is 21.1. The Kier molecular flexibility index (Phi) is 6.51. The van der Waals surface area contributed by atoms with E-state index in [-0.39, 0.29) is 0 Å². The van der Waals surface area contributed by atoms with Crippen molar-refractivity contribution in [2.75, 3.05) is 0 Å². The average molecular weight is 346 g/mol. The molecule has 1 heteroatoms. The molecule has 1 fully saturated rings. The highest BCUT2D eigenvalue weighted by Gasteiger charge is 2.23. The predicted molar refractivity (Wildman–Crippen MR) is 110 cm³/mol. The second-order valence-corrected chi connectivity index (χ2v) is 8.12. The summed E-state index contributed by atoms with van der Waals surface area (Å²) >= 11 is 0. The van der Waals surface area contributed by atoms with E-state index in [9.17, 15) is 0 Å². The summed E-state index contributed by atoms with van der Waals surface area (Å²) < 4.78 is 0. The summed E-state index contributed by atoms with van der Waals surface area (Å²) in [4.78, 5) is 0. The number of nitrogens with zero attached hydrogens (tertiary/aromatic N) is 1. The van der Waals surface area contributed by atoms with E-state index >= 15 is 0 Å². The summed E-state index contributed by atoms with van der Waals surface area (Å²) in [5.74, 6) is 2.58. The zero-order chi connectivity index (χ0) is 18.4. The first-order chi connectivity index (χ1) is 12.7. The van der Waals surface area contributed by atoms with Gasteiger partial charge in [-0.2, -0.15) is 5.26 Å². The Hall–Kier alpha value is -2.07. The zero-order valence-corrected chi connectivity index (χ0v) is 16.2. The third-order valence-electron chi connectivity index (χ3n) is 6.23. The van der Waals surface area contributed by atoms with Crippen LogP contribution in [0.1, 0.15) is 69.4 Å². The Bertz CT molecular complexity index is 712. The summed E-state index contributed by atoms with van der Waals surface area (Å²) in [5, 5.41) is 8.78. The van der Waals surface area contributed by atoms with Crippen LogP contribution in [0.2, 0.25) is 0 Å². The van der Waals surface area contributed by atoms with E-state index in [1.165, 1.54) is 55.2 Å². The molecule has 0 saturated heterocycles. The van der Waals surface area contributed by atoms with Crippen molar-refractivity contribution >= 4 is 0 Å². The van der Waals surface area contributed by atoms with Crippen molar-refractivity contribution in [3.8, 4) is 17.2 Å². The molecule has 2 aromatic rings. The summed E-state index contributed by atoms with van der Waals surface area (Å²) in [7, 11) is 0. The summed E-state index contributed by atoms with van der Waals surface area (Å²) in [5.41, 5.74) is 5.09. The quantitative estimate of drug-likeness (QED) is 0.546. The van der Waals surface area contributed by atoms with Crippen LogP contribution < -0.4 is 0 Å². The van der Waals surface area contributed by atoms with Crippen molar-refractivity contribution in [1.82, 2.24) is 0 Å². The maximum absolute atomic E-state index is 8.78. The maximum Gasteiger partial charge on any atom is 0.0669 e. The Labute approximate surface area is 159 Å². The van der Waals surface area contributed by atoms with Crippen LogP contribution in [-0.2, 0) is 6.42 Å². The predicted octanol–water partition coefficient (Wildman–Crippen LogP) is 7.13. The molecule has 0 aliphatic heterocycles. The van der Waals surface area contributed by atoms with Crippen LogP contribution in [0.3, 0.4) is 0 Å². The van der Waals surface area contributed by atoms with E-state index in [2.05, 4.69) is 68.4 Å². The van der Waals surface area contributed by atoms with Gasteiger partial charge in [-0.1, -0.05) is 68.8 Å². The van der Waals surface area contributed by atoms with Crippen molar-refractivity contribution in [2.45, 2.75) is 64.7 Å². The van der Waals surface area contributed by atoms with E-state index in [1.807, 2.05) is 0 Å². The second-order valence-electron chi connectivity index (χ2n) is 8.12. The Balaban J connectivity index is 1.59. The molecule has 0 N–H and O–H groups in total. The van der Waals surface area contributed by atoms with Gasteiger partial charge < -0.3 is 0 Å². The maximum atomic E-state index is 8.78. The number of hydrogen-bond donors (Lipinski definition) is 0. The van der Waals surface area contributed by atoms with Gasteiger partial charge in [-0.25, -0.2) is 0 Å². The first-order valence-electron chi connectivity index (χ1n) is 10.3. The minimum atomic E-state index is 0.485. The van der Waals surface area contributed by atoms with E-state index < -0.39 is 0 Å². The molecular formula is C25H31N.